The maximum absolute atomic E-state index is 12.7. The summed E-state index contributed by atoms with van der Waals surface area (Å²) >= 11 is 0. The summed E-state index contributed by atoms with van der Waals surface area (Å²) in [6.07, 6.45) is 1.47. The van der Waals surface area contributed by atoms with Gasteiger partial charge in [0.05, 0.1) is 17.7 Å². The topological polar surface area (TPSA) is 66.5 Å². The minimum absolute atomic E-state index is 0.0545. The van der Waals surface area contributed by atoms with Gasteiger partial charge in [-0.05, 0) is 69.7 Å². The Balaban J connectivity index is 2.07. The zero-order chi connectivity index (χ0) is 18.8. The molecule has 1 fully saturated rings. The largest absolute Gasteiger partial charge is 0.349 e. The number of hydrogen-bond donors (Lipinski definition) is 1. The number of carbonyl (C=O) groups is 1. The summed E-state index contributed by atoms with van der Waals surface area (Å²) in [6, 6.07) is 4.18. The monoisotopic (exact) mass is 366 g/mol. The summed E-state index contributed by atoms with van der Waals surface area (Å²) in [5.41, 5.74) is 4.73. The van der Waals surface area contributed by atoms with E-state index in [1.165, 1.54) is 15.4 Å². The van der Waals surface area contributed by atoms with E-state index in [9.17, 15) is 13.2 Å². The van der Waals surface area contributed by atoms with Gasteiger partial charge in [-0.25, -0.2) is 12.7 Å². The third-order valence-corrected chi connectivity index (χ3v) is 7.07. The molecule has 1 aromatic carbocycles. The first-order chi connectivity index (χ1) is 11.7. The van der Waals surface area contributed by atoms with E-state index >= 15 is 0 Å². The van der Waals surface area contributed by atoms with E-state index in [4.69, 9.17) is 0 Å². The number of rotatable bonds is 5. The quantitative estimate of drug-likeness (QED) is 0.871. The maximum atomic E-state index is 12.7. The maximum Gasteiger partial charge on any atom is 0.224 e. The number of piperidine rings is 1. The Hall–Kier alpha value is -1.40. The van der Waals surface area contributed by atoms with E-state index in [1.807, 2.05) is 6.92 Å². The van der Waals surface area contributed by atoms with Crippen LogP contribution in [0.3, 0.4) is 0 Å². The molecule has 0 aromatic heterocycles. The molecule has 0 aliphatic carbocycles. The molecule has 2 atom stereocenters. The first-order valence-corrected chi connectivity index (χ1v) is 10.6. The van der Waals surface area contributed by atoms with Crippen molar-refractivity contribution >= 4 is 15.9 Å². The van der Waals surface area contributed by atoms with E-state index in [1.54, 1.807) is 6.92 Å². The van der Waals surface area contributed by atoms with Gasteiger partial charge in [0.25, 0.3) is 0 Å². The van der Waals surface area contributed by atoms with Gasteiger partial charge in [-0.15, -0.1) is 0 Å². The summed E-state index contributed by atoms with van der Waals surface area (Å²) in [7, 11) is -3.23. The fourth-order valence-electron chi connectivity index (χ4n) is 3.45. The van der Waals surface area contributed by atoms with Crippen molar-refractivity contribution in [3.63, 3.8) is 0 Å². The highest BCUT2D eigenvalue weighted by Crippen LogP contribution is 2.24. The number of aryl methyl sites for hydroxylation is 3. The van der Waals surface area contributed by atoms with Crippen LogP contribution < -0.4 is 5.32 Å². The molecule has 1 aliphatic rings. The lowest BCUT2D eigenvalue weighted by molar-refractivity contribution is -0.126. The van der Waals surface area contributed by atoms with Crippen LogP contribution in [-0.2, 0) is 14.8 Å². The molecule has 1 heterocycles. The van der Waals surface area contributed by atoms with Crippen LogP contribution in [0.5, 0.6) is 0 Å². The molecule has 6 heteroatoms. The first kappa shape index (κ1) is 19.9. The Bertz CT molecular complexity index is 743. The molecule has 140 valence electrons. The minimum Gasteiger partial charge on any atom is -0.349 e. The van der Waals surface area contributed by atoms with Gasteiger partial charge >= 0.3 is 0 Å². The Morgan fingerprint density at radius 1 is 1.24 bits per heavy atom. The van der Waals surface area contributed by atoms with Crippen LogP contribution in [0.25, 0.3) is 0 Å². The van der Waals surface area contributed by atoms with Crippen molar-refractivity contribution in [1.82, 2.24) is 9.62 Å². The summed E-state index contributed by atoms with van der Waals surface area (Å²) in [5, 5.41) is 3.08. The van der Waals surface area contributed by atoms with Crippen LogP contribution in [0.2, 0.25) is 0 Å². The number of carbonyl (C=O) groups excluding carboxylic acids is 1. The van der Waals surface area contributed by atoms with Crippen LogP contribution >= 0.6 is 0 Å². The lowest BCUT2D eigenvalue weighted by atomic mass is 9.95. The Kier molecular flexibility index (Phi) is 6.27. The van der Waals surface area contributed by atoms with Gasteiger partial charge in [-0.1, -0.05) is 12.1 Å². The van der Waals surface area contributed by atoms with Crippen LogP contribution in [0.4, 0.5) is 0 Å². The molecule has 0 saturated carbocycles. The number of nitrogens with one attached hydrogen (secondary N) is 1. The zero-order valence-corrected chi connectivity index (χ0v) is 16.7. The smallest absolute Gasteiger partial charge is 0.224 e. The van der Waals surface area contributed by atoms with Gasteiger partial charge in [-0.3, -0.25) is 4.79 Å². The van der Waals surface area contributed by atoms with Crippen molar-refractivity contribution in [1.29, 1.82) is 0 Å². The highest BCUT2D eigenvalue weighted by molar-refractivity contribution is 7.89. The number of benzene rings is 1. The third-order valence-electron chi connectivity index (χ3n) is 5.22. The Morgan fingerprint density at radius 3 is 2.52 bits per heavy atom. The van der Waals surface area contributed by atoms with Crippen LogP contribution in [0.15, 0.2) is 12.1 Å². The first-order valence-electron chi connectivity index (χ1n) is 9.01. The van der Waals surface area contributed by atoms with Gasteiger partial charge < -0.3 is 5.32 Å². The van der Waals surface area contributed by atoms with Crippen molar-refractivity contribution in [2.45, 2.75) is 53.5 Å². The van der Waals surface area contributed by atoms with Gasteiger partial charge in [0.15, 0.2) is 0 Å². The third kappa shape index (κ3) is 4.61. The second-order valence-electron chi connectivity index (χ2n) is 7.12. The number of nitrogens with zero attached hydrogens (tertiary/aromatic N) is 1. The summed E-state index contributed by atoms with van der Waals surface area (Å²) in [4.78, 5) is 12.7. The second-order valence-corrected chi connectivity index (χ2v) is 9.38. The van der Waals surface area contributed by atoms with E-state index in [0.29, 0.717) is 13.1 Å². The molecule has 1 aliphatic heterocycles. The normalized spacial score (nSPS) is 20.3. The van der Waals surface area contributed by atoms with E-state index < -0.39 is 10.0 Å². The van der Waals surface area contributed by atoms with Crippen molar-refractivity contribution in [3.05, 3.63) is 34.4 Å². The SMILES string of the molecule is CCS(=O)(=O)N1CCCC(C(=O)NC(C)c2cc(C)c(C)cc2C)C1. The second kappa shape index (κ2) is 7.87. The van der Waals surface area contributed by atoms with Crippen LogP contribution in [-0.4, -0.2) is 37.5 Å². The highest BCUT2D eigenvalue weighted by Gasteiger charge is 2.32. The average Bonchev–Trinajstić information content (AvgIpc) is 2.58. The van der Waals surface area contributed by atoms with E-state index in [-0.39, 0.29) is 23.6 Å². The van der Waals surface area contributed by atoms with Gasteiger partial charge in [0.1, 0.15) is 0 Å². The Labute approximate surface area is 151 Å². The molecule has 1 N–H and O–H groups in total. The molecule has 2 rings (SSSR count). The van der Waals surface area contributed by atoms with Crippen LogP contribution in [0, 0.1) is 26.7 Å². The van der Waals surface area contributed by atoms with Crippen molar-refractivity contribution in [2.75, 3.05) is 18.8 Å². The average molecular weight is 367 g/mol. The van der Waals surface area contributed by atoms with Crippen LogP contribution in [0.1, 0.15) is 55.0 Å². The van der Waals surface area contributed by atoms with Gasteiger partial charge in [0.2, 0.25) is 15.9 Å². The molecule has 0 spiro atoms. The molecule has 5 nitrogen and oxygen atoms in total. The molecule has 25 heavy (non-hydrogen) atoms. The zero-order valence-electron chi connectivity index (χ0n) is 15.9. The molecule has 0 radical (unpaired) electrons. The molecule has 0 bridgehead atoms. The molecule has 1 amide bonds. The minimum atomic E-state index is -3.23. The highest BCUT2D eigenvalue weighted by atomic mass is 32.2. The summed E-state index contributed by atoms with van der Waals surface area (Å²) in [6.45, 7) is 10.6. The summed E-state index contributed by atoms with van der Waals surface area (Å²) in [5.74, 6) is -0.245. The molecule has 1 saturated heterocycles. The fraction of sp³-hybridized carbons (Fsp3) is 0.632. The predicted octanol–water partition coefficient (Wildman–Crippen LogP) is 2.85. The standard InChI is InChI=1S/C19H30N2O3S/c1-6-25(23,24)21-9-7-8-17(12-21)19(22)20-16(5)18-11-14(3)13(2)10-15(18)4/h10-11,16-17H,6-9,12H2,1-5H3,(H,20,22). The van der Waals surface area contributed by atoms with Gasteiger partial charge in [0, 0.05) is 13.1 Å². The lowest BCUT2D eigenvalue weighted by Gasteiger charge is -2.31. The number of hydrogen-bond acceptors (Lipinski definition) is 3. The van der Waals surface area contributed by atoms with Crippen molar-refractivity contribution in [3.8, 4) is 0 Å². The van der Waals surface area contributed by atoms with Crippen molar-refractivity contribution in [2.24, 2.45) is 5.92 Å². The van der Waals surface area contributed by atoms with E-state index in [0.717, 1.165) is 24.0 Å². The fourth-order valence-corrected chi connectivity index (χ4v) is 4.63. The summed E-state index contributed by atoms with van der Waals surface area (Å²) < 4.78 is 25.6. The molecular weight excluding hydrogens is 336 g/mol. The number of amides is 1. The Morgan fingerprint density at radius 2 is 1.88 bits per heavy atom. The molecule has 2 unspecified atom stereocenters. The molecular formula is C19H30N2O3S. The van der Waals surface area contributed by atoms with E-state index in [2.05, 4.69) is 38.2 Å². The van der Waals surface area contributed by atoms with Crippen molar-refractivity contribution < 1.29 is 13.2 Å². The lowest BCUT2D eigenvalue weighted by Crippen LogP contribution is -2.46. The van der Waals surface area contributed by atoms with Gasteiger partial charge in [-0.2, -0.15) is 0 Å². The molecule has 1 aromatic rings. The number of sulfonamides is 1. The predicted molar refractivity (Wildman–Crippen MR) is 101 cm³/mol.